The summed E-state index contributed by atoms with van der Waals surface area (Å²) in [4.78, 5) is 1.83. The Labute approximate surface area is 73.2 Å². The van der Waals surface area contributed by atoms with Crippen molar-refractivity contribution in [2.24, 2.45) is 5.73 Å². The molecule has 1 aliphatic heterocycles. The second kappa shape index (κ2) is 4.30. The molecule has 1 rings (SSSR count). The zero-order valence-corrected chi connectivity index (χ0v) is 7.55. The molecule has 0 aromatic rings. The van der Waals surface area contributed by atoms with Gasteiger partial charge in [0.25, 0.3) is 0 Å². The van der Waals surface area contributed by atoms with Crippen molar-refractivity contribution in [1.29, 1.82) is 5.41 Å². The van der Waals surface area contributed by atoms with Crippen molar-refractivity contribution in [3.63, 3.8) is 0 Å². The molecule has 3 N–H and O–H groups in total. The van der Waals surface area contributed by atoms with Crippen molar-refractivity contribution in [3.8, 4) is 0 Å². The van der Waals surface area contributed by atoms with Crippen molar-refractivity contribution in [3.05, 3.63) is 0 Å². The number of nitrogens with one attached hydrogen (secondary N) is 1. The average molecular weight is 171 g/mol. The maximum atomic E-state index is 7.26. The molecule has 12 heavy (non-hydrogen) atoms. The molecule has 1 fully saturated rings. The Hall–Kier alpha value is -0.770. The van der Waals surface area contributed by atoms with Crippen LogP contribution in [0.5, 0.6) is 0 Å². The fraction of sp³-hybridized carbons (Fsp3) is 0.875. The summed E-state index contributed by atoms with van der Waals surface area (Å²) in [6, 6.07) is 0. The van der Waals surface area contributed by atoms with Crippen molar-refractivity contribution in [2.75, 3.05) is 19.7 Å². The molecule has 0 saturated carbocycles. The van der Waals surface area contributed by atoms with Gasteiger partial charge < -0.3 is 15.4 Å². The van der Waals surface area contributed by atoms with Crippen molar-refractivity contribution in [1.82, 2.24) is 4.90 Å². The first-order valence-electron chi connectivity index (χ1n) is 4.44. The van der Waals surface area contributed by atoms with E-state index in [-0.39, 0.29) is 12.1 Å². The van der Waals surface area contributed by atoms with Crippen molar-refractivity contribution >= 4 is 5.96 Å². The van der Waals surface area contributed by atoms with Crippen molar-refractivity contribution in [2.45, 2.75) is 25.9 Å². The van der Waals surface area contributed by atoms with E-state index in [4.69, 9.17) is 15.9 Å². The maximum Gasteiger partial charge on any atom is 0.188 e. The van der Waals surface area contributed by atoms with Gasteiger partial charge in [0.1, 0.15) is 0 Å². The molecule has 1 saturated heterocycles. The third-order valence-electron chi connectivity index (χ3n) is 2.17. The summed E-state index contributed by atoms with van der Waals surface area (Å²) in [5.74, 6) is 0.146. The Balaban J connectivity index is 2.30. The molecule has 0 radical (unpaired) electrons. The SMILES string of the molecule is CCN(CC1CCCO1)C(=N)N. The molecule has 70 valence electrons. The highest BCUT2D eigenvalue weighted by molar-refractivity contribution is 5.74. The van der Waals surface area contributed by atoms with Crippen LogP contribution >= 0.6 is 0 Å². The van der Waals surface area contributed by atoms with Gasteiger partial charge in [-0.05, 0) is 19.8 Å². The van der Waals surface area contributed by atoms with Gasteiger partial charge in [-0.25, -0.2) is 0 Å². The lowest BCUT2D eigenvalue weighted by Crippen LogP contribution is -2.41. The van der Waals surface area contributed by atoms with E-state index in [9.17, 15) is 0 Å². The average Bonchev–Trinajstić information content (AvgIpc) is 2.51. The third kappa shape index (κ3) is 2.37. The Kier molecular flexibility index (Phi) is 3.34. The molecule has 4 nitrogen and oxygen atoms in total. The smallest absolute Gasteiger partial charge is 0.188 e. The van der Waals surface area contributed by atoms with Crippen LogP contribution in [0.15, 0.2) is 0 Å². The van der Waals surface area contributed by atoms with E-state index in [0.29, 0.717) is 0 Å². The number of guanidine groups is 1. The Morgan fingerprint density at radius 1 is 1.75 bits per heavy atom. The fourth-order valence-electron chi connectivity index (χ4n) is 1.43. The number of likely N-dealkylation sites (N-methyl/N-ethyl adjacent to an activating group) is 1. The van der Waals surface area contributed by atoms with Crippen LogP contribution in [0, 0.1) is 5.41 Å². The number of nitrogens with two attached hydrogens (primary N) is 1. The Morgan fingerprint density at radius 2 is 2.50 bits per heavy atom. The van der Waals surface area contributed by atoms with E-state index in [0.717, 1.165) is 32.5 Å². The molecule has 1 aliphatic rings. The van der Waals surface area contributed by atoms with Crippen LogP contribution < -0.4 is 5.73 Å². The van der Waals surface area contributed by atoms with Gasteiger partial charge in [-0.2, -0.15) is 0 Å². The predicted octanol–water partition coefficient (Wildman–Crippen LogP) is 0.381. The van der Waals surface area contributed by atoms with Crippen LogP contribution in [-0.2, 0) is 4.74 Å². The summed E-state index contributed by atoms with van der Waals surface area (Å²) in [6.07, 6.45) is 2.53. The zero-order valence-electron chi connectivity index (χ0n) is 7.55. The van der Waals surface area contributed by atoms with Gasteiger partial charge >= 0.3 is 0 Å². The van der Waals surface area contributed by atoms with E-state index >= 15 is 0 Å². The van der Waals surface area contributed by atoms with Crippen LogP contribution in [0.25, 0.3) is 0 Å². The van der Waals surface area contributed by atoms with Gasteiger partial charge in [-0.15, -0.1) is 0 Å². The molecule has 0 amide bonds. The van der Waals surface area contributed by atoms with E-state index in [1.54, 1.807) is 0 Å². The third-order valence-corrected chi connectivity index (χ3v) is 2.17. The monoisotopic (exact) mass is 171 g/mol. The summed E-state index contributed by atoms with van der Waals surface area (Å²) < 4.78 is 5.44. The first-order valence-corrected chi connectivity index (χ1v) is 4.44. The molecular weight excluding hydrogens is 154 g/mol. The molecule has 0 aromatic carbocycles. The molecule has 0 bridgehead atoms. The molecule has 1 heterocycles. The number of rotatable bonds is 3. The van der Waals surface area contributed by atoms with E-state index in [2.05, 4.69) is 0 Å². The summed E-state index contributed by atoms with van der Waals surface area (Å²) in [7, 11) is 0. The van der Waals surface area contributed by atoms with E-state index in [1.807, 2.05) is 11.8 Å². The minimum atomic E-state index is 0.146. The van der Waals surface area contributed by atoms with Crippen LogP contribution in [0.3, 0.4) is 0 Å². The lowest BCUT2D eigenvalue weighted by Gasteiger charge is -2.23. The quantitative estimate of drug-likeness (QED) is 0.476. The highest BCUT2D eigenvalue weighted by Crippen LogP contribution is 2.12. The second-order valence-electron chi connectivity index (χ2n) is 3.06. The van der Waals surface area contributed by atoms with Crippen LogP contribution in [0.1, 0.15) is 19.8 Å². The van der Waals surface area contributed by atoms with E-state index < -0.39 is 0 Å². The van der Waals surface area contributed by atoms with Gasteiger partial charge in [0, 0.05) is 19.7 Å². The van der Waals surface area contributed by atoms with Gasteiger partial charge in [-0.1, -0.05) is 0 Å². The number of nitrogens with zero attached hydrogens (tertiary/aromatic N) is 1. The molecule has 4 heteroatoms. The molecule has 1 unspecified atom stereocenters. The number of hydrogen-bond acceptors (Lipinski definition) is 2. The van der Waals surface area contributed by atoms with Crippen LogP contribution in [-0.4, -0.2) is 36.7 Å². The molecule has 0 aliphatic carbocycles. The summed E-state index contributed by atoms with van der Waals surface area (Å²) in [5.41, 5.74) is 5.38. The first kappa shape index (κ1) is 9.32. The summed E-state index contributed by atoms with van der Waals surface area (Å²) in [6.45, 7) is 4.41. The summed E-state index contributed by atoms with van der Waals surface area (Å²) in [5, 5.41) is 7.26. The lowest BCUT2D eigenvalue weighted by atomic mass is 10.2. The van der Waals surface area contributed by atoms with E-state index in [1.165, 1.54) is 0 Å². The number of hydrogen-bond donors (Lipinski definition) is 2. The first-order chi connectivity index (χ1) is 5.74. The van der Waals surface area contributed by atoms with Gasteiger partial charge in [0.05, 0.1) is 6.10 Å². The fourth-order valence-corrected chi connectivity index (χ4v) is 1.43. The Morgan fingerprint density at radius 3 is 2.92 bits per heavy atom. The highest BCUT2D eigenvalue weighted by Gasteiger charge is 2.18. The molecule has 1 atom stereocenters. The highest BCUT2D eigenvalue weighted by atomic mass is 16.5. The minimum absolute atomic E-state index is 0.146. The Bertz CT molecular complexity index is 154. The normalized spacial score (nSPS) is 22.6. The van der Waals surface area contributed by atoms with Gasteiger partial charge in [-0.3, -0.25) is 5.41 Å². The van der Waals surface area contributed by atoms with Crippen LogP contribution in [0.4, 0.5) is 0 Å². The standard InChI is InChI=1S/C8H17N3O/c1-2-11(8(9)10)6-7-4-3-5-12-7/h7H,2-6H2,1H3,(H3,9,10). The lowest BCUT2D eigenvalue weighted by molar-refractivity contribution is 0.0918. The van der Waals surface area contributed by atoms with Gasteiger partial charge in [0.2, 0.25) is 0 Å². The topological polar surface area (TPSA) is 62.3 Å². The van der Waals surface area contributed by atoms with Crippen molar-refractivity contribution < 1.29 is 4.74 Å². The largest absolute Gasteiger partial charge is 0.376 e. The molecular formula is C8H17N3O. The summed E-state index contributed by atoms with van der Waals surface area (Å²) >= 11 is 0. The van der Waals surface area contributed by atoms with Crippen LogP contribution in [0.2, 0.25) is 0 Å². The number of ether oxygens (including phenoxy) is 1. The van der Waals surface area contributed by atoms with Gasteiger partial charge in [0.15, 0.2) is 5.96 Å². The molecule has 0 spiro atoms. The second-order valence-corrected chi connectivity index (χ2v) is 3.06. The zero-order chi connectivity index (χ0) is 8.97. The maximum absolute atomic E-state index is 7.26. The predicted molar refractivity (Wildman–Crippen MR) is 48.1 cm³/mol. The minimum Gasteiger partial charge on any atom is -0.376 e. The molecule has 0 aromatic heterocycles.